The third-order valence-corrected chi connectivity index (χ3v) is 3.52. The molecule has 0 aliphatic carbocycles. The minimum Gasteiger partial charge on any atom is -0.395 e. The molecule has 0 aliphatic rings. The van der Waals surface area contributed by atoms with Gasteiger partial charge in [0.2, 0.25) is 0 Å². The maximum Gasteiger partial charge on any atom is 0.127 e. The van der Waals surface area contributed by atoms with Gasteiger partial charge in [0.05, 0.1) is 13.2 Å². The second-order valence-corrected chi connectivity index (χ2v) is 5.03. The van der Waals surface area contributed by atoms with Crippen LogP contribution in [0.15, 0.2) is 42.5 Å². The van der Waals surface area contributed by atoms with Crippen molar-refractivity contribution in [2.75, 3.05) is 13.2 Å². The first-order valence-corrected chi connectivity index (χ1v) is 6.42. The first-order chi connectivity index (χ1) is 10.0. The fourth-order valence-corrected chi connectivity index (χ4v) is 2.42. The van der Waals surface area contributed by atoms with Crippen LogP contribution in [0.25, 0.3) is 0 Å². The van der Waals surface area contributed by atoms with E-state index in [0.717, 1.165) is 18.2 Å². The Morgan fingerprint density at radius 3 is 1.95 bits per heavy atom. The van der Waals surface area contributed by atoms with E-state index in [2.05, 4.69) is 0 Å². The normalized spacial score (nSPS) is 11.7. The van der Waals surface area contributed by atoms with Crippen LogP contribution >= 0.6 is 0 Å². The van der Waals surface area contributed by atoms with E-state index in [1.54, 1.807) is 6.07 Å². The SMILES string of the molecule is OCC(CO)(Cc1cc(F)cc(F)c1)c1ccccc1F. The number of hydrogen-bond acceptors (Lipinski definition) is 2. The number of hydrogen-bond donors (Lipinski definition) is 2. The van der Waals surface area contributed by atoms with Crippen LogP contribution in [0.4, 0.5) is 13.2 Å². The average Bonchev–Trinajstić information content (AvgIpc) is 2.44. The molecule has 0 amide bonds. The summed E-state index contributed by atoms with van der Waals surface area (Å²) in [5.74, 6) is -2.11. The minimum absolute atomic E-state index is 0.0877. The summed E-state index contributed by atoms with van der Waals surface area (Å²) in [6.45, 7) is -1.11. The zero-order valence-corrected chi connectivity index (χ0v) is 11.2. The molecule has 0 aromatic heterocycles. The van der Waals surface area contributed by atoms with Crippen molar-refractivity contribution in [2.45, 2.75) is 11.8 Å². The van der Waals surface area contributed by atoms with Gasteiger partial charge >= 0.3 is 0 Å². The second-order valence-electron chi connectivity index (χ2n) is 5.03. The van der Waals surface area contributed by atoms with Gasteiger partial charge in [-0.15, -0.1) is 0 Å². The highest BCUT2D eigenvalue weighted by Gasteiger charge is 2.34. The Balaban J connectivity index is 2.45. The number of halogens is 3. The molecule has 112 valence electrons. The molecule has 2 nitrogen and oxygen atoms in total. The van der Waals surface area contributed by atoms with Gasteiger partial charge in [0.1, 0.15) is 17.5 Å². The Kier molecular flexibility index (Phi) is 4.65. The van der Waals surface area contributed by atoms with Crippen molar-refractivity contribution < 1.29 is 23.4 Å². The van der Waals surface area contributed by atoms with Crippen LogP contribution in [0.2, 0.25) is 0 Å². The van der Waals surface area contributed by atoms with Crippen molar-refractivity contribution >= 4 is 0 Å². The van der Waals surface area contributed by atoms with Crippen LogP contribution in [-0.2, 0) is 11.8 Å². The van der Waals surface area contributed by atoms with Gasteiger partial charge < -0.3 is 10.2 Å². The molecule has 2 N–H and O–H groups in total. The molecule has 2 aromatic carbocycles. The smallest absolute Gasteiger partial charge is 0.127 e. The summed E-state index contributed by atoms with van der Waals surface area (Å²) in [7, 11) is 0. The van der Waals surface area contributed by atoms with E-state index < -0.39 is 36.1 Å². The Morgan fingerprint density at radius 1 is 0.857 bits per heavy atom. The van der Waals surface area contributed by atoms with Gasteiger partial charge in [0, 0.05) is 11.5 Å². The van der Waals surface area contributed by atoms with Gasteiger partial charge in [-0.25, -0.2) is 13.2 Å². The van der Waals surface area contributed by atoms with Crippen molar-refractivity contribution in [3.05, 3.63) is 71.0 Å². The second kappa shape index (κ2) is 6.28. The van der Waals surface area contributed by atoms with Crippen LogP contribution in [-0.4, -0.2) is 23.4 Å². The van der Waals surface area contributed by atoms with E-state index in [0.29, 0.717) is 0 Å². The third kappa shape index (κ3) is 3.25. The predicted octanol–water partition coefficient (Wildman–Crippen LogP) is 2.57. The Labute approximate surface area is 120 Å². The van der Waals surface area contributed by atoms with Crippen molar-refractivity contribution in [3.63, 3.8) is 0 Å². The van der Waals surface area contributed by atoms with Gasteiger partial charge in [-0.1, -0.05) is 18.2 Å². The lowest BCUT2D eigenvalue weighted by Gasteiger charge is -2.31. The number of rotatable bonds is 5. The highest BCUT2D eigenvalue weighted by Crippen LogP contribution is 2.30. The molecule has 0 bridgehead atoms. The fourth-order valence-electron chi connectivity index (χ4n) is 2.42. The topological polar surface area (TPSA) is 40.5 Å². The van der Waals surface area contributed by atoms with Crippen LogP contribution in [0.3, 0.4) is 0 Å². The van der Waals surface area contributed by atoms with Gasteiger partial charge in [-0.05, 0) is 35.7 Å². The van der Waals surface area contributed by atoms with E-state index >= 15 is 0 Å². The monoisotopic (exact) mass is 296 g/mol. The first kappa shape index (κ1) is 15.5. The standard InChI is InChI=1S/C16H15F3O2/c17-12-5-11(6-13(18)7-12)8-16(9-20,10-21)14-3-1-2-4-15(14)19/h1-7,20-21H,8-10H2. The lowest BCUT2D eigenvalue weighted by molar-refractivity contribution is 0.113. The first-order valence-electron chi connectivity index (χ1n) is 6.42. The summed E-state index contributed by atoms with van der Waals surface area (Å²) in [5, 5.41) is 19.3. The molecule has 0 spiro atoms. The third-order valence-electron chi connectivity index (χ3n) is 3.52. The molecule has 0 aliphatic heterocycles. The maximum atomic E-state index is 13.9. The van der Waals surface area contributed by atoms with Crippen molar-refractivity contribution in [1.29, 1.82) is 0 Å². The largest absolute Gasteiger partial charge is 0.395 e. The van der Waals surface area contributed by atoms with Crippen LogP contribution in [0.1, 0.15) is 11.1 Å². The molecule has 2 aromatic rings. The summed E-state index contributed by atoms with van der Waals surface area (Å²) < 4.78 is 40.5. The Hall–Kier alpha value is -1.85. The number of aliphatic hydroxyl groups is 2. The van der Waals surface area contributed by atoms with Gasteiger partial charge in [0.25, 0.3) is 0 Å². The van der Waals surface area contributed by atoms with Crippen LogP contribution in [0, 0.1) is 17.5 Å². The molecular formula is C16H15F3O2. The van der Waals surface area contributed by atoms with Crippen molar-refractivity contribution in [3.8, 4) is 0 Å². The van der Waals surface area contributed by atoms with E-state index in [-0.39, 0.29) is 17.5 Å². The highest BCUT2D eigenvalue weighted by atomic mass is 19.1. The zero-order chi connectivity index (χ0) is 15.5. The van der Waals surface area contributed by atoms with Crippen LogP contribution < -0.4 is 0 Å². The summed E-state index contributed by atoms with van der Waals surface area (Å²) in [5.41, 5.74) is -0.996. The zero-order valence-electron chi connectivity index (χ0n) is 11.2. The molecule has 0 unspecified atom stereocenters. The Bertz CT molecular complexity index is 604. The number of benzene rings is 2. The lowest BCUT2D eigenvalue weighted by Crippen LogP contribution is -2.38. The molecule has 0 fully saturated rings. The quantitative estimate of drug-likeness (QED) is 0.890. The molecule has 0 radical (unpaired) electrons. The van der Waals surface area contributed by atoms with Gasteiger partial charge in [-0.2, -0.15) is 0 Å². The molecule has 0 heterocycles. The molecule has 2 rings (SSSR count). The summed E-state index contributed by atoms with van der Waals surface area (Å²) >= 11 is 0. The fraction of sp³-hybridized carbons (Fsp3) is 0.250. The maximum absolute atomic E-state index is 13.9. The van der Waals surface area contributed by atoms with Gasteiger partial charge in [0.15, 0.2) is 0 Å². The molecule has 5 heteroatoms. The molecule has 0 atom stereocenters. The van der Waals surface area contributed by atoms with Gasteiger partial charge in [-0.3, -0.25) is 0 Å². The molecule has 0 saturated heterocycles. The lowest BCUT2D eigenvalue weighted by atomic mass is 9.76. The Morgan fingerprint density at radius 2 is 1.43 bits per heavy atom. The molecule has 0 saturated carbocycles. The van der Waals surface area contributed by atoms with Crippen LogP contribution in [0.5, 0.6) is 0 Å². The van der Waals surface area contributed by atoms with E-state index in [1.807, 2.05) is 0 Å². The van der Waals surface area contributed by atoms with Crippen molar-refractivity contribution in [1.82, 2.24) is 0 Å². The molecule has 21 heavy (non-hydrogen) atoms. The van der Waals surface area contributed by atoms with E-state index in [9.17, 15) is 23.4 Å². The summed E-state index contributed by atoms with van der Waals surface area (Å²) in [4.78, 5) is 0. The average molecular weight is 296 g/mol. The molecular weight excluding hydrogens is 281 g/mol. The van der Waals surface area contributed by atoms with Crippen molar-refractivity contribution in [2.24, 2.45) is 0 Å². The number of aliphatic hydroxyl groups excluding tert-OH is 2. The highest BCUT2D eigenvalue weighted by molar-refractivity contribution is 5.31. The predicted molar refractivity (Wildman–Crippen MR) is 72.3 cm³/mol. The summed E-state index contributed by atoms with van der Waals surface area (Å²) in [6.07, 6.45) is -0.0877. The van der Waals surface area contributed by atoms with E-state index in [1.165, 1.54) is 18.2 Å². The minimum atomic E-state index is -1.34. The van der Waals surface area contributed by atoms with E-state index in [4.69, 9.17) is 0 Å². The summed E-state index contributed by atoms with van der Waals surface area (Å²) in [6, 6.07) is 8.64.